The molecule has 0 saturated heterocycles. The molecular weight excluding hydrogens is 484 g/mol. The van der Waals surface area contributed by atoms with Crippen molar-refractivity contribution >= 4 is 11.9 Å². The van der Waals surface area contributed by atoms with Gasteiger partial charge in [-0.3, -0.25) is 4.79 Å². The number of alkyl halides is 14. The summed E-state index contributed by atoms with van der Waals surface area (Å²) in [5, 5.41) is 1.04. The van der Waals surface area contributed by atoms with Crippen molar-refractivity contribution < 1.29 is 75.8 Å². The third-order valence-corrected chi connectivity index (χ3v) is 3.38. The van der Waals surface area contributed by atoms with Crippen molar-refractivity contribution in [3.63, 3.8) is 0 Å². The highest BCUT2D eigenvalue weighted by atomic mass is 19.4. The van der Waals surface area contributed by atoms with Gasteiger partial charge in [0.05, 0.1) is 6.61 Å². The smallest absolute Gasteiger partial charge is 0.460 e. The van der Waals surface area contributed by atoms with Crippen LogP contribution in [0.25, 0.3) is 0 Å². The molecule has 184 valence electrons. The van der Waals surface area contributed by atoms with Crippen LogP contribution in [-0.4, -0.2) is 61.1 Å². The van der Waals surface area contributed by atoms with Gasteiger partial charge in [0, 0.05) is 6.54 Å². The zero-order valence-electron chi connectivity index (χ0n) is 14.6. The summed E-state index contributed by atoms with van der Waals surface area (Å²) in [4.78, 5) is 21.6. The van der Waals surface area contributed by atoms with E-state index in [1.807, 2.05) is 0 Å². The first-order valence-corrected chi connectivity index (χ1v) is 7.65. The zero-order valence-corrected chi connectivity index (χ0v) is 14.6. The molecule has 1 amide bonds. The Labute approximate surface area is 162 Å². The van der Waals surface area contributed by atoms with Crippen molar-refractivity contribution in [1.29, 1.82) is 0 Å². The molecule has 0 heterocycles. The summed E-state index contributed by atoms with van der Waals surface area (Å²) >= 11 is 0. The summed E-state index contributed by atoms with van der Waals surface area (Å²) in [6, 6.07) is 0. The fourth-order valence-corrected chi connectivity index (χ4v) is 1.60. The maximum atomic E-state index is 12.9. The standard InChI is InChI=1S/C13H11F14NO3/c14-8(15,10(18,19)12(22,23)24)6(29)28-4-2-1-3-5-31-7(30)9(16,17)11(20,21)13(25,26)27/h1-5H2,(H,28,29). The van der Waals surface area contributed by atoms with Crippen molar-refractivity contribution in [3.05, 3.63) is 0 Å². The van der Waals surface area contributed by atoms with Crippen molar-refractivity contribution in [2.45, 2.75) is 55.3 Å². The highest BCUT2D eigenvalue weighted by Crippen LogP contribution is 2.47. The minimum atomic E-state index is -6.78. The summed E-state index contributed by atoms with van der Waals surface area (Å²) in [6.45, 7) is -2.11. The molecule has 0 aliphatic rings. The Balaban J connectivity index is 4.47. The van der Waals surface area contributed by atoms with E-state index in [2.05, 4.69) is 4.74 Å². The summed E-state index contributed by atoms with van der Waals surface area (Å²) in [7, 11) is 0. The normalized spacial score (nSPS) is 14.4. The molecule has 0 bridgehead atoms. The highest BCUT2D eigenvalue weighted by molar-refractivity contribution is 5.84. The van der Waals surface area contributed by atoms with Gasteiger partial charge in [-0.15, -0.1) is 0 Å². The zero-order chi connectivity index (χ0) is 25.1. The van der Waals surface area contributed by atoms with Gasteiger partial charge in [-0.2, -0.15) is 61.5 Å². The number of unbranched alkanes of at least 4 members (excludes halogenated alkanes) is 2. The molecule has 4 nitrogen and oxygen atoms in total. The van der Waals surface area contributed by atoms with E-state index in [0.717, 1.165) is 5.32 Å². The largest absolute Gasteiger partial charge is 0.461 e. The molecule has 31 heavy (non-hydrogen) atoms. The number of amides is 1. The lowest BCUT2D eigenvalue weighted by atomic mass is 10.1. The summed E-state index contributed by atoms with van der Waals surface area (Å²) < 4.78 is 177. The third-order valence-electron chi connectivity index (χ3n) is 3.38. The lowest BCUT2D eigenvalue weighted by Gasteiger charge is -2.27. The first-order chi connectivity index (χ1) is 13.5. The average molecular weight is 495 g/mol. The summed E-state index contributed by atoms with van der Waals surface area (Å²) in [5.74, 6) is -32.1. The van der Waals surface area contributed by atoms with Gasteiger partial charge < -0.3 is 10.1 Å². The van der Waals surface area contributed by atoms with Crippen LogP contribution in [0.5, 0.6) is 0 Å². The molecule has 0 saturated carbocycles. The molecule has 1 N–H and O–H groups in total. The molecule has 0 aliphatic carbocycles. The van der Waals surface area contributed by atoms with Crippen molar-refractivity contribution in [2.75, 3.05) is 13.2 Å². The van der Waals surface area contributed by atoms with E-state index >= 15 is 0 Å². The molecule has 0 atom stereocenters. The first-order valence-electron chi connectivity index (χ1n) is 7.65. The molecule has 0 rings (SSSR count). The molecule has 0 radical (unpaired) electrons. The Morgan fingerprint density at radius 1 is 0.613 bits per heavy atom. The summed E-state index contributed by atoms with van der Waals surface area (Å²) in [6.07, 6.45) is -15.0. The van der Waals surface area contributed by atoms with E-state index in [-0.39, 0.29) is 0 Å². The minimum Gasteiger partial charge on any atom is -0.461 e. The highest BCUT2D eigenvalue weighted by Gasteiger charge is 2.77. The van der Waals surface area contributed by atoms with E-state index in [0.29, 0.717) is 0 Å². The van der Waals surface area contributed by atoms with Crippen LogP contribution in [0, 0.1) is 0 Å². The van der Waals surface area contributed by atoms with Crippen LogP contribution < -0.4 is 5.32 Å². The number of hydrogen-bond acceptors (Lipinski definition) is 3. The SMILES string of the molecule is O=C(NCCCCCOC(=O)C(F)(F)C(F)(F)C(F)(F)F)C(F)(F)C(F)(F)C(F)(F)F. The lowest BCUT2D eigenvalue weighted by molar-refractivity contribution is -0.348. The second-order valence-electron chi connectivity index (χ2n) is 5.75. The lowest BCUT2D eigenvalue weighted by Crippen LogP contribution is -2.59. The number of hydrogen-bond donors (Lipinski definition) is 1. The quantitative estimate of drug-likeness (QED) is 0.276. The van der Waals surface area contributed by atoms with Gasteiger partial charge in [0.2, 0.25) is 0 Å². The minimum absolute atomic E-state index is 0.393. The van der Waals surface area contributed by atoms with Crippen molar-refractivity contribution in [2.24, 2.45) is 0 Å². The van der Waals surface area contributed by atoms with Crippen LogP contribution in [0.15, 0.2) is 0 Å². The van der Waals surface area contributed by atoms with Gasteiger partial charge in [0.25, 0.3) is 5.91 Å². The molecule has 0 aliphatic heterocycles. The van der Waals surface area contributed by atoms with Crippen molar-refractivity contribution in [3.8, 4) is 0 Å². The number of nitrogens with one attached hydrogen (secondary N) is 1. The van der Waals surface area contributed by atoms with E-state index < -0.39 is 80.3 Å². The van der Waals surface area contributed by atoms with Crippen molar-refractivity contribution in [1.82, 2.24) is 5.32 Å². The topological polar surface area (TPSA) is 55.4 Å². The third kappa shape index (κ3) is 6.02. The Bertz CT molecular complexity index is 586. The van der Waals surface area contributed by atoms with E-state index in [1.165, 1.54) is 0 Å². The van der Waals surface area contributed by atoms with E-state index in [1.54, 1.807) is 0 Å². The summed E-state index contributed by atoms with van der Waals surface area (Å²) in [5.41, 5.74) is 0. The molecule has 18 heteroatoms. The van der Waals surface area contributed by atoms with Gasteiger partial charge in [0.1, 0.15) is 0 Å². The van der Waals surface area contributed by atoms with E-state index in [9.17, 15) is 71.1 Å². The number of rotatable bonds is 10. The van der Waals surface area contributed by atoms with Crippen LogP contribution >= 0.6 is 0 Å². The molecule has 0 aromatic rings. The Hall–Kier alpha value is -2.04. The predicted octanol–water partition coefficient (Wildman–Crippen LogP) is 4.48. The first kappa shape index (κ1) is 29.0. The van der Waals surface area contributed by atoms with Gasteiger partial charge in [-0.05, 0) is 19.3 Å². The van der Waals surface area contributed by atoms with Crippen LogP contribution in [0.4, 0.5) is 61.5 Å². The predicted molar refractivity (Wildman–Crippen MR) is 69.7 cm³/mol. The number of esters is 1. The second-order valence-corrected chi connectivity index (χ2v) is 5.75. The number of carbonyl (C=O) groups is 2. The molecule has 0 fully saturated rings. The monoisotopic (exact) mass is 495 g/mol. The Kier molecular flexibility index (Phi) is 8.61. The maximum Gasteiger partial charge on any atom is 0.460 e. The molecular formula is C13H11F14NO3. The molecule has 0 aromatic carbocycles. The second kappa shape index (κ2) is 9.22. The van der Waals surface area contributed by atoms with Gasteiger partial charge >= 0.3 is 42.0 Å². The molecule has 0 unspecified atom stereocenters. The van der Waals surface area contributed by atoms with Crippen LogP contribution in [0.1, 0.15) is 19.3 Å². The fraction of sp³-hybridized carbons (Fsp3) is 0.846. The van der Waals surface area contributed by atoms with Crippen LogP contribution in [0.2, 0.25) is 0 Å². The van der Waals surface area contributed by atoms with Crippen LogP contribution in [0.3, 0.4) is 0 Å². The molecule has 0 spiro atoms. The number of halogens is 14. The number of ether oxygens (including phenoxy) is 1. The Morgan fingerprint density at radius 3 is 1.45 bits per heavy atom. The van der Waals surface area contributed by atoms with Gasteiger partial charge in [0.15, 0.2) is 0 Å². The van der Waals surface area contributed by atoms with Gasteiger partial charge in [-0.25, -0.2) is 4.79 Å². The molecule has 0 aromatic heterocycles. The van der Waals surface area contributed by atoms with Crippen LogP contribution in [-0.2, 0) is 14.3 Å². The fourth-order valence-electron chi connectivity index (χ4n) is 1.60. The maximum absolute atomic E-state index is 12.9. The Morgan fingerprint density at radius 2 is 1.03 bits per heavy atom. The van der Waals surface area contributed by atoms with E-state index in [4.69, 9.17) is 0 Å². The number of carbonyl (C=O) groups excluding carboxylic acids is 2. The van der Waals surface area contributed by atoms with Gasteiger partial charge in [-0.1, -0.05) is 0 Å². The average Bonchev–Trinajstić information content (AvgIpc) is 2.57.